The third-order valence-electron chi connectivity index (χ3n) is 4.65. The molecule has 0 fully saturated rings. The van der Waals surface area contributed by atoms with Crippen LogP contribution < -0.4 is 0 Å². The van der Waals surface area contributed by atoms with E-state index in [9.17, 15) is 4.39 Å². The van der Waals surface area contributed by atoms with Crippen molar-refractivity contribution in [1.29, 1.82) is 0 Å². The summed E-state index contributed by atoms with van der Waals surface area (Å²) in [6, 6.07) is 5.55. The van der Waals surface area contributed by atoms with Crippen LogP contribution in [-0.4, -0.2) is 6.61 Å². The fourth-order valence-corrected chi connectivity index (χ4v) is 2.93. The van der Waals surface area contributed by atoms with Gasteiger partial charge in [-0.25, -0.2) is 4.39 Å². The largest absolute Gasteiger partial charge is 0.371 e. The van der Waals surface area contributed by atoms with Gasteiger partial charge in [-0.3, -0.25) is 0 Å². The van der Waals surface area contributed by atoms with Gasteiger partial charge in [0.25, 0.3) is 0 Å². The summed E-state index contributed by atoms with van der Waals surface area (Å²) >= 11 is 0. The van der Waals surface area contributed by atoms with Gasteiger partial charge in [-0.05, 0) is 49.1 Å². The maximum atomic E-state index is 14.6. The van der Waals surface area contributed by atoms with E-state index in [1.165, 1.54) is 12.8 Å². The van der Waals surface area contributed by atoms with Crippen molar-refractivity contribution in [2.24, 2.45) is 5.41 Å². The molecule has 0 heterocycles. The first-order valence-electron chi connectivity index (χ1n) is 8.83. The summed E-state index contributed by atoms with van der Waals surface area (Å²) < 4.78 is 20.6. The Labute approximate surface area is 142 Å². The number of ether oxygens (including phenoxy) is 1. The minimum absolute atomic E-state index is 0.0471. The van der Waals surface area contributed by atoms with Crippen LogP contribution in [0.3, 0.4) is 0 Å². The molecule has 132 valence electrons. The van der Waals surface area contributed by atoms with Crippen LogP contribution in [0.15, 0.2) is 18.2 Å². The molecule has 0 bridgehead atoms. The van der Waals surface area contributed by atoms with Gasteiger partial charge in [0, 0.05) is 12.2 Å². The molecule has 0 N–H and O–H groups in total. The molecule has 0 aromatic heterocycles. The van der Waals surface area contributed by atoms with Gasteiger partial charge in [-0.2, -0.15) is 0 Å². The molecule has 0 unspecified atom stereocenters. The van der Waals surface area contributed by atoms with Gasteiger partial charge in [0.15, 0.2) is 0 Å². The van der Waals surface area contributed by atoms with Crippen LogP contribution >= 0.6 is 0 Å². The van der Waals surface area contributed by atoms with E-state index in [0.717, 1.165) is 12.0 Å². The third-order valence-corrected chi connectivity index (χ3v) is 4.65. The monoisotopic (exact) mass is 322 g/mol. The molecule has 0 aliphatic heterocycles. The van der Waals surface area contributed by atoms with E-state index in [4.69, 9.17) is 4.74 Å². The maximum Gasteiger partial charge on any atom is 0.129 e. The fraction of sp³-hybridized carbons (Fsp3) is 0.714. The molecule has 0 saturated heterocycles. The van der Waals surface area contributed by atoms with Crippen LogP contribution in [0, 0.1) is 11.2 Å². The fourth-order valence-electron chi connectivity index (χ4n) is 2.93. The van der Waals surface area contributed by atoms with Crippen LogP contribution in [0.2, 0.25) is 0 Å². The lowest BCUT2D eigenvalue weighted by molar-refractivity contribution is -0.0359. The predicted molar refractivity (Wildman–Crippen MR) is 97.4 cm³/mol. The second-order valence-corrected chi connectivity index (χ2v) is 8.97. The molecular formula is C21H35FO. The Morgan fingerprint density at radius 2 is 1.57 bits per heavy atom. The second-order valence-electron chi connectivity index (χ2n) is 8.97. The van der Waals surface area contributed by atoms with Crippen molar-refractivity contribution in [2.75, 3.05) is 6.61 Å². The average molecular weight is 323 g/mol. The zero-order chi connectivity index (χ0) is 17.9. The lowest BCUT2D eigenvalue weighted by Gasteiger charge is -2.30. The summed E-state index contributed by atoms with van der Waals surface area (Å²) in [5.41, 5.74) is 1.27. The van der Waals surface area contributed by atoms with Crippen LogP contribution in [0.25, 0.3) is 0 Å². The first-order chi connectivity index (χ1) is 10.4. The molecule has 2 heteroatoms. The molecule has 1 rings (SSSR count). The van der Waals surface area contributed by atoms with Gasteiger partial charge in [0.2, 0.25) is 0 Å². The first-order valence-corrected chi connectivity index (χ1v) is 8.83. The normalized spacial score (nSPS) is 13.4. The smallest absolute Gasteiger partial charge is 0.129 e. The van der Waals surface area contributed by atoms with E-state index in [0.29, 0.717) is 12.2 Å². The lowest BCUT2D eigenvalue weighted by Crippen LogP contribution is -2.26. The summed E-state index contributed by atoms with van der Waals surface area (Å²) in [6.07, 6.45) is 3.36. The van der Waals surface area contributed by atoms with E-state index in [1.807, 2.05) is 26.0 Å². The SMILES string of the molecule is CCCC(C)(C)CCOC(C)(C)c1ccc(C(C)(C)C)cc1F. The number of halogens is 1. The summed E-state index contributed by atoms with van der Waals surface area (Å²) in [5.74, 6) is -0.171. The molecule has 0 saturated carbocycles. The van der Waals surface area contributed by atoms with Crippen LogP contribution in [0.1, 0.15) is 85.8 Å². The van der Waals surface area contributed by atoms with Gasteiger partial charge in [-0.15, -0.1) is 0 Å². The summed E-state index contributed by atoms with van der Waals surface area (Å²) in [6.45, 7) is 17.6. The van der Waals surface area contributed by atoms with Gasteiger partial charge < -0.3 is 4.74 Å². The minimum Gasteiger partial charge on any atom is -0.371 e. The quantitative estimate of drug-likeness (QED) is 0.550. The molecule has 1 aromatic carbocycles. The van der Waals surface area contributed by atoms with E-state index in [2.05, 4.69) is 41.5 Å². The molecule has 0 atom stereocenters. The summed E-state index contributed by atoms with van der Waals surface area (Å²) in [4.78, 5) is 0. The van der Waals surface area contributed by atoms with Gasteiger partial charge >= 0.3 is 0 Å². The van der Waals surface area contributed by atoms with Crippen molar-refractivity contribution in [3.63, 3.8) is 0 Å². The van der Waals surface area contributed by atoms with Crippen molar-refractivity contribution in [1.82, 2.24) is 0 Å². The molecule has 1 aromatic rings. The zero-order valence-electron chi connectivity index (χ0n) is 16.3. The Kier molecular flexibility index (Phi) is 6.43. The highest BCUT2D eigenvalue weighted by molar-refractivity contribution is 5.31. The van der Waals surface area contributed by atoms with Gasteiger partial charge in [-0.1, -0.05) is 60.1 Å². The summed E-state index contributed by atoms with van der Waals surface area (Å²) in [7, 11) is 0. The van der Waals surface area contributed by atoms with Crippen molar-refractivity contribution in [2.45, 2.75) is 85.7 Å². The van der Waals surface area contributed by atoms with Crippen molar-refractivity contribution in [3.8, 4) is 0 Å². The predicted octanol–water partition coefficient (Wildman–Crippen LogP) is 6.59. The lowest BCUT2D eigenvalue weighted by atomic mass is 9.84. The van der Waals surface area contributed by atoms with E-state index in [1.54, 1.807) is 6.07 Å². The Morgan fingerprint density at radius 1 is 0.957 bits per heavy atom. The van der Waals surface area contributed by atoms with Gasteiger partial charge in [0.05, 0.1) is 5.60 Å². The highest BCUT2D eigenvalue weighted by Crippen LogP contribution is 2.33. The molecular weight excluding hydrogens is 287 g/mol. The number of hydrogen-bond donors (Lipinski definition) is 0. The van der Waals surface area contributed by atoms with E-state index in [-0.39, 0.29) is 16.6 Å². The van der Waals surface area contributed by atoms with Crippen LogP contribution in [0.4, 0.5) is 4.39 Å². The van der Waals surface area contributed by atoms with Crippen molar-refractivity contribution >= 4 is 0 Å². The molecule has 0 spiro atoms. The Bertz CT molecular complexity index is 509. The Balaban J connectivity index is 2.80. The molecule has 0 radical (unpaired) electrons. The highest BCUT2D eigenvalue weighted by atomic mass is 19.1. The zero-order valence-corrected chi connectivity index (χ0v) is 16.3. The van der Waals surface area contributed by atoms with Crippen LogP contribution in [0.5, 0.6) is 0 Å². The number of hydrogen-bond acceptors (Lipinski definition) is 1. The van der Waals surface area contributed by atoms with Gasteiger partial charge in [0.1, 0.15) is 5.82 Å². The van der Waals surface area contributed by atoms with Crippen molar-refractivity contribution in [3.05, 3.63) is 35.1 Å². The second kappa shape index (κ2) is 7.34. The third kappa shape index (κ3) is 5.91. The standard InChI is InChI=1S/C21H35FO/c1-9-12-20(5,6)13-14-23-21(7,8)17-11-10-16(15-18(17)22)19(2,3)4/h10-11,15H,9,12-14H2,1-8H3. The summed E-state index contributed by atoms with van der Waals surface area (Å²) in [5, 5.41) is 0. The maximum absolute atomic E-state index is 14.6. The number of benzene rings is 1. The molecule has 0 aliphatic rings. The molecule has 23 heavy (non-hydrogen) atoms. The Morgan fingerprint density at radius 3 is 2.04 bits per heavy atom. The molecule has 1 nitrogen and oxygen atoms in total. The van der Waals surface area contributed by atoms with Crippen molar-refractivity contribution < 1.29 is 9.13 Å². The first kappa shape index (κ1) is 20.2. The number of rotatable bonds is 7. The molecule has 0 aliphatic carbocycles. The minimum atomic E-state index is -0.608. The Hall–Kier alpha value is -0.890. The topological polar surface area (TPSA) is 9.23 Å². The van der Waals surface area contributed by atoms with E-state index >= 15 is 0 Å². The average Bonchev–Trinajstić information content (AvgIpc) is 2.36. The molecule has 0 amide bonds. The van der Waals surface area contributed by atoms with Crippen LogP contribution in [-0.2, 0) is 15.8 Å². The highest BCUT2D eigenvalue weighted by Gasteiger charge is 2.27. The van der Waals surface area contributed by atoms with E-state index < -0.39 is 5.60 Å².